The first-order valence-corrected chi connectivity index (χ1v) is 11.2. The molecule has 1 amide bonds. The Bertz CT molecular complexity index is 978. The Labute approximate surface area is 170 Å². The van der Waals surface area contributed by atoms with Crippen LogP contribution in [-0.2, 0) is 21.2 Å². The molecule has 150 valence electrons. The lowest BCUT2D eigenvalue weighted by Crippen LogP contribution is -2.42. The van der Waals surface area contributed by atoms with Gasteiger partial charge in [0.1, 0.15) is 12.3 Å². The molecule has 2 aromatic rings. The summed E-state index contributed by atoms with van der Waals surface area (Å²) in [6.07, 6.45) is 3.83. The van der Waals surface area contributed by atoms with Gasteiger partial charge >= 0.3 is 0 Å². The summed E-state index contributed by atoms with van der Waals surface area (Å²) in [6, 6.07) is 12.5. The standard InChI is InChI=1S/C20H23ClN2O4S/c1-27-19-11-10-15(21)12-18(19)23(28(2,25)26)13-20(24)22-17-9-5-7-14-6-3-4-8-16(14)17/h3-4,6,8,10-12,17H,5,7,9,13H2,1-2H3,(H,22,24). The Morgan fingerprint density at radius 1 is 1.29 bits per heavy atom. The Balaban J connectivity index is 1.84. The highest BCUT2D eigenvalue weighted by molar-refractivity contribution is 7.92. The van der Waals surface area contributed by atoms with E-state index in [1.54, 1.807) is 12.1 Å². The lowest BCUT2D eigenvalue weighted by Gasteiger charge is -2.28. The Morgan fingerprint density at radius 3 is 2.75 bits per heavy atom. The number of aryl methyl sites for hydroxylation is 1. The van der Waals surface area contributed by atoms with E-state index in [1.165, 1.54) is 18.7 Å². The van der Waals surface area contributed by atoms with Crippen LogP contribution in [0, 0.1) is 0 Å². The van der Waals surface area contributed by atoms with Crippen LogP contribution in [0.25, 0.3) is 0 Å². The van der Waals surface area contributed by atoms with Crippen LogP contribution >= 0.6 is 11.6 Å². The zero-order valence-electron chi connectivity index (χ0n) is 15.8. The molecular formula is C20H23ClN2O4S. The summed E-state index contributed by atoms with van der Waals surface area (Å²) < 4.78 is 31.0. The van der Waals surface area contributed by atoms with Crippen LogP contribution in [0.2, 0.25) is 5.02 Å². The van der Waals surface area contributed by atoms with Gasteiger partial charge in [0, 0.05) is 5.02 Å². The summed E-state index contributed by atoms with van der Waals surface area (Å²) >= 11 is 6.04. The Kier molecular flexibility index (Phi) is 6.15. The number of rotatable bonds is 6. The molecule has 0 radical (unpaired) electrons. The summed E-state index contributed by atoms with van der Waals surface area (Å²) in [5.74, 6) is -0.0557. The first-order valence-electron chi connectivity index (χ1n) is 8.98. The van der Waals surface area contributed by atoms with Crippen LogP contribution in [-0.4, -0.2) is 34.2 Å². The third-order valence-electron chi connectivity index (χ3n) is 4.80. The van der Waals surface area contributed by atoms with E-state index < -0.39 is 10.0 Å². The second kappa shape index (κ2) is 8.41. The minimum absolute atomic E-state index is 0.125. The molecule has 6 nitrogen and oxygen atoms in total. The van der Waals surface area contributed by atoms with Crippen LogP contribution in [0.5, 0.6) is 5.75 Å². The summed E-state index contributed by atoms with van der Waals surface area (Å²) in [4.78, 5) is 12.7. The van der Waals surface area contributed by atoms with Gasteiger partial charge in [0.25, 0.3) is 0 Å². The summed E-state index contributed by atoms with van der Waals surface area (Å²) in [7, 11) is -2.29. The minimum Gasteiger partial charge on any atom is -0.495 e. The van der Waals surface area contributed by atoms with Crippen LogP contribution in [0.4, 0.5) is 5.69 Å². The van der Waals surface area contributed by atoms with Crippen LogP contribution in [0.1, 0.15) is 30.0 Å². The normalized spacial score (nSPS) is 16.2. The number of methoxy groups -OCH3 is 1. The van der Waals surface area contributed by atoms with Crippen molar-refractivity contribution >= 4 is 33.2 Å². The second-order valence-electron chi connectivity index (χ2n) is 6.80. The van der Waals surface area contributed by atoms with Crippen molar-refractivity contribution in [2.24, 2.45) is 0 Å². The van der Waals surface area contributed by atoms with Crippen molar-refractivity contribution < 1.29 is 17.9 Å². The molecule has 1 N–H and O–H groups in total. The lowest BCUT2D eigenvalue weighted by atomic mass is 9.88. The van der Waals surface area contributed by atoms with Gasteiger partial charge in [0.15, 0.2) is 0 Å². The van der Waals surface area contributed by atoms with E-state index in [0.717, 1.165) is 35.4 Å². The van der Waals surface area contributed by atoms with Gasteiger partial charge in [-0.25, -0.2) is 8.42 Å². The third-order valence-corrected chi connectivity index (χ3v) is 6.16. The molecule has 0 spiro atoms. The number of halogens is 1. The first kappa shape index (κ1) is 20.5. The molecule has 1 aliphatic carbocycles. The van der Waals surface area contributed by atoms with Gasteiger partial charge in [0.05, 0.1) is 25.1 Å². The van der Waals surface area contributed by atoms with Gasteiger partial charge in [-0.1, -0.05) is 35.9 Å². The Morgan fingerprint density at radius 2 is 2.04 bits per heavy atom. The fourth-order valence-electron chi connectivity index (χ4n) is 3.51. The number of nitrogens with one attached hydrogen (secondary N) is 1. The molecule has 0 saturated carbocycles. The molecule has 3 rings (SSSR count). The number of sulfonamides is 1. The minimum atomic E-state index is -3.73. The van der Waals surface area contributed by atoms with Gasteiger partial charge in [-0.2, -0.15) is 0 Å². The maximum atomic E-state index is 12.7. The molecule has 0 saturated heterocycles. The van der Waals surface area contributed by atoms with Crippen LogP contribution in [0.3, 0.4) is 0 Å². The second-order valence-corrected chi connectivity index (χ2v) is 9.14. The van der Waals surface area contributed by atoms with E-state index >= 15 is 0 Å². The fourth-order valence-corrected chi connectivity index (χ4v) is 4.53. The number of nitrogens with zero attached hydrogens (tertiary/aromatic N) is 1. The van der Waals surface area contributed by atoms with Gasteiger partial charge in [-0.15, -0.1) is 0 Å². The van der Waals surface area contributed by atoms with E-state index in [9.17, 15) is 13.2 Å². The highest BCUT2D eigenvalue weighted by Gasteiger charge is 2.27. The molecular weight excluding hydrogens is 400 g/mol. The molecule has 28 heavy (non-hydrogen) atoms. The molecule has 1 aliphatic rings. The molecule has 8 heteroatoms. The number of carbonyl (C=O) groups is 1. The van der Waals surface area contributed by atoms with Crippen molar-refractivity contribution in [1.29, 1.82) is 0 Å². The quantitative estimate of drug-likeness (QED) is 0.774. The van der Waals surface area contributed by atoms with E-state index in [1.807, 2.05) is 18.2 Å². The number of hydrogen-bond donors (Lipinski definition) is 1. The van der Waals surface area contributed by atoms with E-state index in [4.69, 9.17) is 16.3 Å². The lowest BCUT2D eigenvalue weighted by molar-refractivity contribution is -0.120. The van der Waals surface area contributed by atoms with Crippen molar-refractivity contribution in [2.45, 2.75) is 25.3 Å². The fraction of sp³-hybridized carbons (Fsp3) is 0.350. The van der Waals surface area contributed by atoms with E-state index in [-0.39, 0.29) is 24.2 Å². The van der Waals surface area contributed by atoms with Gasteiger partial charge in [-0.05, 0) is 48.6 Å². The van der Waals surface area contributed by atoms with Gasteiger partial charge in [0.2, 0.25) is 15.9 Å². The van der Waals surface area contributed by atoms with E-state index in [0.29, 0.717) is 10.8 Å². The number of benzene rings is 2. The third kappa shape index (κ3) is 4.59. The molecule has 1 atom stereocenters. The van der Waals surface area contributed by atoms with Crippen LogP contribution in [0.15, 0.2) is 42.5 Å². The SMILES string of the molecule is COc1ccc(Cl)cc1N(CC(=O)NC1CCCc2ccccc21)S(C)(=O)=O. The van der Waals surface area contributed by atoms with Crippen molar-refractivity contribution in [3.63, 3.8) is 0 Å². The zero-order chi connectivity index (χ0) is 20.3. The van der Waals surface area contributed by atoms with Gasteiger partial charge < -0.3 is 10.1 Å². The largest absolute Gasteiger partial charge is 0.495 e. The smallest absolute Gasteiger partial charge is 0.241 e. The predicted molar refractivity (Wildman–Crippen MR) is 110 cm³/mol. The molecule has 0 aliphatic heterocycles. The van der Waals surface area contributed by atoms with Crippen molar-refractivity contribution in [3.05, 3.63) is 58.6 Å². The average Bonchev–Trinajstić information content (AvgIpc) is 2.65. The number of carbonyl (C=O) groups excluding carboxylic acids is 1. The number of anilines is 1. The average molecular weight is 423 g/mol. The van der Waals surface area contributed by atoms with Crippen LogP contribution < -0.4 is 14.4 Å². The number of amides is 1. The topological polar surface area (TPSA) is 75.7 Å². The van der Waals surface area contributed by atoms with Crippen molar-refractivity contribution in [2.75, 3.05) is 24.2 Å². The van der Waals surface area contributed by atoms with Gasteiger partial charge in [-0.3, -0.25) is 9.10 Å². The number of fused-ring (bicyclic) bond motifs is 1. The predicted octanol–water partition coefficient (Wildman–Crippen LogP) is 3.31. The Hall–Kier alpha value is -2.25. The maximum Gasteiger partial charge on any atom is 0.241 e. The maximum absolute atomic E-state index is 12.7. The number of ether oxygens (including phenoxy) is 1. The zero-order valence-corrected chi connectivity index (χ0v) is 17.4. The van der Waals surface area contributed by atoms with Crippen molar-refractivity contribution in [1.82, 2.24) is 5.32 Å². The highest BCUT2D eigenvalue weighted by atomic mass is 35.5. The first-order chi connectivity index (χ1) is 13.3. The highest BCUT2D eigenvalue weighted by Crippen LogP contribution is 2.33. The molecule has 0 fully saturated rings. The summed E-state index contributed by atoms with van der Waals surface area (Å²) in [5.41, 5.74) is 2.54. The molecule has 0 bridgehead atoms. The monoisotopic (exact) mass is 422 g/mol. The number of hydrogen-bond acceptors (Lipinski definition) is 4. The van der Waals surface area contributed by atoms with Crippen molar-refractivity contribution in [3.8, 4) is 5.75 Å². The summed E-state index contributed by atoms with van der Waals surface area (Å²) in [6.45, 7) is -0.353. The molecule has 0 aromatic heterocycles. The summed E-state index contributed by atoms with van der Waals surface area (Å²) in [5, 5.41) is 3.33. The van der Waals surface area contributed by atoms with E-state index in [2.05, 4.69) is 11.4 Å². The molecule has 1 unspecified atom stereocenters. The molecule has 2 aromatic carbocycles. The molecule has 0 heterocycles.